The van der Waals surface area contributed by atoms with Crippen LogP contribution >= 0.6 is 0 Å². The minimum atomic E-state index is -4.42. The second-order valence-corrected chi connectivity index (χ2v) is 7.09. The monoisotopic (exact) mass is 422 g/mol. The third-order valence-corrected chi connectivity index (χ3v) is 5.18. The van der Waals surface area contributed by atoms with E-state index in [0.29, 0.717) is 11.5 Å². The van der Waals surface area contributed by atoms with Crippen LogP contribution in [0.4, 0.5) is 23.7 Å². The minimum Gasteiger partial charge on any atom is -0.454 e. The number of urea groups is 1. The molecule has 0 radical (unpaired) electrons. The number of ether oxygens (including phenoxy) is 2. The summed E-state index contributed by atoms with van der Waals surface area (Å²) >= 11 is 0. The van der Waals surface area contributed by atoms with Gasteiger partial charge in [-0.05, 0) is 48.4 Å². The van der Waals surface area contributed by atoms with Gasteiger partial charge in [0.05, 0.1) is 17.6 Å². The molecule has 3 unspecified atom stereocenters. The van der Waals surface area contributed by atoms with Crippen molar-refractivity contribution in [1.82, 2.24) is 16.2 Å². The van der Waals surface area contributed by atoms with E-state index in [1.807, 2.05) is 25.1 Å². The Bertz CT molecular complexity index is 921. The fourth-order valence-corrected chi connectivity index (χ4v) is 3.61. The molecule has 0 bridgehead atoms. The summed E-state index contributed by atoms with van der Waals surface area (Å²) in [7, 11) is 0. The van der Waals surface area contributed by atoms with Crippen LogP contribution in [-0.2, 0) is 6.18 Å². The maximum atomic E-state index is 12.7. The van der Waals surface area contributed by atoms with E-state index in [1.54, 1.807) is 0 Å². The maximum absolute atomic E-state index is 12.7. The first-order valence-electron chi connectivity index (χ1n) is 9.50. The van der Waals surface area contributed by atoms with Gasteiger partial charge in [-0.15, -0.1) is 0 Å². The van der Waals surface area contributed by atoms with Crippen LogP contribution in [0.25, 0.3) is 0 Å². The van der Waals surface area contributed by atoms with Crippen LogP contribution in [-0.4, -0.2) is 24.9 Å². The minimum absolute atomic E-state index is 0.0428. The summed E-state index contributed by atoms with van der Waals surface area (Å²) in [4.78, 5) is 12.5. The summed E-state index contributed by atoms with van der Waals surface area (Å²) < 4.78 is 48.8. The number of alkyl halides is 3. The molecule has 2 aromatic rings. The predicted molar refractivity (Wildman–Crippen MR) is 103 cm³/mol. The van der Waals surface area contributed by atoms with Crippen LogP contribution in [0.3, 0.4) is 0 Å². The standard InChI is InChI=1S/C20H21F3N4O3/c1-2-14-18(17(27-26-14)11-3-8-15-16(9-11)30-10-29-15)25-19(28)24-13-6-4-12(5-7-13)20(21,22)23/h3-9,14,17-18,26-27H,2,10H2,1H3,(H2,24,25,28). The van der Waals surface area contributed by atoms with E-state index in [0.717, 1.165) is 24.1 Å². The molecule has 2 aliphatic rings. The molecule has 4 N–H and O–H groups in total. The molecule has 7 nitrogen and oxygen atoms in total. The Morgan fingerprint density at radius 1 is 1.10 bits per heavy atom. The molecular weight excluding hydrogens is 401 g/mol. The fraction of sp³-hybridized carbons (Fsp3) is 0.350. The molecule has 4 rings (SSSR count). The molecular formula is C20H21F3N4O3. The van der Waals surface area contributed by atoms with Gasteiger partial charge in [0.25, 0.3) is 0 Å². The lowest BCUT2D eigenvalue weighted by molar-refractivity contribution is -0.137. The van der Waals surface area contributed by atoms with Gasteiger partial charge < -0.3 is 20.1 Å². The summed E-state index contributed by atoms with van der Waals surface area (Å²) in [6.45, 7) is 2.16. The predicted octanol–water partition coefficient (Wildman–Crippen LogP) is 3.55. The first kappa shape index (κ1) is 20.3. The maximum Gasteiger partial charge on any atom is 0.416 e. The van der Waals surface area contributed by atoms with Gasteiger partial charge in [-0.25, -0.2) is 10.2 Å². The van der Waals surface area contributed by atoms with Crippen molar-refractivity contribution < 1.29 is 27.4 Å². The molecule has 10 heteroatoms. The summed E-state index contributed by atoms with van der Waals surface area (Å²) in [5.41, 5.74) is 6.77. The van der Waals surface area contributed by atoms with Crippen molar-refractivity contribution in [3.63, 3.8) is 0 Å². The van der Waals surface area contributed by atoms with Crippen LogP contribution in [0.5, 0.6) is 11.5 Å². The molecule has 1 saturated heterocycles. The number of amides is 2. The molecule has 2 amide bonds. The van der Waals surface area contributed by atoms with Crippen molar-refractivity contribution in [2.24, 2.45) is 0 Å². The van der Waals surface area contributed by atoms with Gasteiger partial charge in [-0.2, -0.15) is 13.2 Å². The number of hydrogen-bond donors (Lipinski definition) is 4. The number of halogens is 3. The van der Waals surface area contributed by atoms with Crippen LogP contribution in [0.2, 0.25) is 0 Å². The Hall–Kier alpha value is -2.98. The number of rotatable bonds is 4. The van der Waals surface area contributed by atoms with E-state index in [-0.39, 0.29) is 30.6 Å². The van der Waals surface area contributed by atoms with Gasteiger partial charge >= 0.3 is 12.2 Å². The number of anilines is 1. The molecule has 160 valence electrons. The molecule has 0 aliphatic carbocycles. The average molecular weight is 422 g/mol. The highest BCUT2D eigenvalue weighted by molar-refractivity contribution is 5.89. The Morgan fingerprint density at radius 3 is 2.53 bits per heavy atom. The van der Waals surface area contributed by atoms with Gasteiger partial charge in [-0.1, -0.05) is 13.0 Å². The van der Waals surface area contributed by atoms with E-state index < -0.39 is 17.8 Å². The van der Waals surface area contributed by atoms with Crippen LogP contribution in [0.1, 0.15) is 30.5 Å². The zero-order valence-corrected chi connectivity index (χ0v) is 16.0. The van der Waals surface area contributed by atoms with Crippen LogP contribution < -0.4 is 31.0 Å². The van der Waals surface area contributed by atoms with Crippen molar-refractivity contribution in [3.05, 3.63) is 53.6 Å². The Balaban J connectivity index is 1.46. The van der Waals surface area contributed by atoms with Crippen molar-refractivity contribution in [2.45, 2.75) is 37.6 Å². The first-order chi connectivity index (χ1) is 14.3. The molecule has 30 heavy (non-hydrogen) atoms. The highest BCUT2D eigenvalue weighted by Crippen LogP contribution is 2.36. The Kier molecular flexibility index (Phi) is 5.44. The third-order valence-electron chi connectivity index (χ3n) is 5.18. The van der Waals surface area contributed by atoms with Gasteiger partial charge in [0.15, 0.2) is 11.5 Å². The van der Waals surface area contributed by atoms with Crippen LogP contribution in [0, 0.1) is 0 Å². The normalized spacial score (nSPS) is 22.7. The smallest absolute Gasteiger partial charge is 0.416 e. The molecule has 0 aromatic heterocycles. The zero-order valence-electron chi connectivity index (χ0n) is 16.0. The van der Waals surface area contributed by atoms with Gasteiger partial charge in [0, 0.05) is 11.7 Å². The first-order valence-corrected chi connectivity index (χ1v) is 9.50. The lowest BCUT2D eigenvalue weighted by atomic mass is 9.95. The molecule has 2 aromatic carbocycles. The molecule has 2 heterocycles. The van der Waals surface area contributed by atoms with E-state index >= 15 is 0 Å². The average Bonchev–Trinajstić information content (AvgIpc) is 3.33. The van der Waals surface area contributed by atoms with Gasteiger partial charge in [0.1, 0.15) is 0 Å². The van der Waals surface area contributed by atoms with E-state index in [2.05, 4.69) is 21.5 Å². The molecule has 1 fully saturated rings. The number of carbonyl (C=O) groups excluding carboxylic acids is 1. The van der Waals surface area contributed by atoms with Gasteiger partial charge in [0.2, 0.25) is 6.79 Å². The Morgan fingerprint density at radius 2 is 1.83 bits per heavy atom. The summed E-state index contributed by atoms with van der Waals surface area (Å²) in [6, 6.07) is 8.80. The fourth-order valence-electron chi connectivity index (χ4n) is 3.61. The Labute approximate surface area is 170 Å². The van der Waals surface area contributed by atoms with Crippen molar-refractivity contribution in [2.75, 3.05) is 12.1 Å². The number of hydrazine groups is 1. The van der Waals surface area contributed by atoms with Crippen molar-refractivity contribution in [3.8, 4) is 11.5 Å². The number of hydrogen-bond acceptors (Lipinski definition) is 5. The van der Waals surface area contributed by atoms with Gasteiger partial charge in [-0.3, -0.25) is 5.43 Å². The SMILES string of the molecule is CCC1NNC(c2ccc3c(c2)OCO3)C1NC(=O)Nc1ccc(C(F)(F)F)cc1. The summed E-state index contributed by atoms with van der Waals surface area (Å²) in [5, 5.41) is 5.51. The van der Waals surface area contributed by atoms with E-state index in [9.17, 15) is 18.0 Å². The molecule has 2 aliphatic heterocycles. The zero-order chi connectivity index (χ0) is 21.3. The number of fused-ring (bicyclic) bond motifs is 1. The van der Waals surface area contributed by atoms with E-state index in [4.69, 9.17) is 9.47 Å². The number of carbonyl (C=O) groups is 1. The summed E-state index contributed by atoms with van der Waals surface area (Å²) in [5.74, 6) is 1.31. The van der Waals surface area contributed by atoms with Crippen LogP contribution in [0.15, 0.2) is 42.5 Å². The lowest BCUT2D eigenvalue weighted by Crippen LogP contribution is -2.47. The number of benzene rings is 2. The number of nitrogens with one attached hydrogen (secondary N) is 4. The summed E-state index contributed by atoms with van der Waals surface area (Å²) in [6.07, 6.45) is -3.67. The quantitative estimate of drug-likeness (QED) is 0.606. The molecule has 0 saturated carbocycles. The molecule has 3 atom stereocenters. The largest absolute Gasteiger partial charge is 0.454 e. The van der Waals surface area contributed by atoms with Crippen molar-refractivity contribution >= 4 is 11.7 Å². The molecule has 0 spiro atoms. The highest BCUT2D eigenvalue weighted by atomic mass is 19.4. The second-order valence-electron chi connectivity index (χ2n) is 7.09. The second kappa shape index (κ2) is 8.04. The highest BCUT2D eigenvalue weighted by Gasteiger charge is 2.37. The van der Waals surface area contributed by atoms with E-state index in [1.165, 1.54) is 12.1 Å². The third kappa shape index (κ3) is 4.14. The lowest BCUT2D eigenvalue weighted by Gasteiger charge is -2.24. The van der Waals surface area contributed by atoms with Crippen molar-refractivity contribution in [1.29, 1.82) is 0 Å². The topological polar surface area (TPSA) is 83.7 Å².